The monoisotopic (exact) mass is 643 g/mol. The Morgan fingerprint density at radius 1 is 1.23 bits per heavy atom. The van der Waals surface area contributed by atoms with Crippen LogP contribution < -0.4 is 5.32 Å². The minimum atomic E-state index is -0.567. The number of thiazole rings is 1. The first-order valence-corrected chi connectivity index (χ1v) is 15.1. The van der Waals surface area contributed by atoms with Gasteiger partial charge in [0.2, 0.25) is 0 Å². The van der Waals surface area contributed by atoms with E-state index in [1.807, 2.05) is 54.0 Å². The summed E-state index contributed by atoms with van der Waals surface area (Å²) in [6.45, 7) is 0.309. The van der Waals surface area contributed by atoms with Crippen LogP contribution in [0.5, 0.6) is 0 Å². The number of hydrogen-bond acceptors (Lipinski definition) is 10. The number of thioether (sulfide) groups is 1. The van der Waals surface area contributed by atoms with E-state index >= 15 is 0 Å². The smallest absolute Gasteiger partial charge is 0.252 e. The largest absolute Gasteiger partial charge is 0.375 e. The number of nitrogens with one attached hydrogen (secondary N) is 1. The fourth-order valence-corrected chi connectivity index (χ4v) is 7.34. The van der Waals surface area contributed by atoms with Crippen molar-refractivity contribution < 1.29 is 23.7 Å². The lowest BCUT2D eigenvalue weighted by Crippen LogP contribution is -2.59. The van der Waals surface area contributed by atoms with Crippen LogP contribution in [0.25, 0.3) is 10.7 Å². The average Bonchev–Trinajstić information content (AvgIpc) is 3.69. The van der Waals surface area contributed by atoms with E-state index in [2.05, 4.69) is 36.5 Å². The molecule has 2 aromatic carbocycles. The van der Waals surface area contributed by atoms with Crippen LogP contribution in [0.4, 0.5) is 0 Å². The maximum absolute atomic E-state index is 12.7. The van der Waals surface area contributed by atoms with Crippen molar-refractivity contribution in [1.29, 1.82) is 0 Å². The van der Waals surface area contributed by atoms with Crippen molar-refractivity contribution in [3.8, 4) is 10.7 Å². The highest BCUT2D eigenvalue weighted by Gasteiger charge is 2.52. The van der Waals surface area contributed by atoms with Crippen LogP contribution in [0.15, 0.2) is 75.7 Å². The molecule has 1 N–H and O–H groups in total. The summed E-state index contributed by atoms with van der Waals surface area (Å²) in [5.74, 6) is -0.186. The number of amides is 1. The van der Waals surface area contributed by atoms with Crippen molar-refractivity contribution in [2.24, 2.45) is 0 Å². The molecule has 0 saturated carbocycles. The van der Waals surface area contributed by atoms with Gasteiger partial charge >= 0.3 is 0 Å². The number of carbonyl (C=O) groups is 1. The molecule has 1 amide bonds. The minimum absolute atomic E-state index is 0.186. The molecule has 0 spiro atoms. The molecular weight excluding hydrogens is 618 g/mol. The van der Waals surface area contributed by atoms with Gasteiger partial charge in [0.15, 0.2) is 6.29 Å². The van der Waals surface area contributed by atoms with Gasteiger partial charge in [-0.05, 0) is 18.2 Å². The maximum Gasteiger partial charge on any atom is 0.252 e. The molecule has 6 atom stereocenters. The Kier molecular flexibility index (Phi) is 8.30. The van der Waals surface area contributed by atoms with Crippen LogP contribution in [0.2, 0.25) is 0 Å². The standard InChI is InChI=1S/C27H26BrN5O5S2/c1-29-24(34)17-9-8-16(28)12-20(17)40-27-23(35-2)21(33-13-18(31-32-33)25-30-10-11-39-25)22-19(37-27)14-36-26(38-22)15-6-4-3-5-7-15/h3-13,19,21-23,26-27H,14H2,1-2H3,(H,29,34). The molecule has 10 nitrogen and oxygen atoms in total. The van der Waals surface area contributed by atoms with E-state index in [4.69, 9.17) is 18.9 Å². The van der Waals surface area contributed by atoms with Gasteiger partial charge in [-0.3, -0.25) is 4.79 Å². The number of carbonyl (C=O) groups excluding carboxylic acids is 1. The first-order chi connectivity index (χ1) is 19.6. The normalized spacial score (nSPS) is 26.3. The first-order valence-electron chi connectivity index (χ1n) is 12.6. The van der Waals surface area contributed by atoms with E-state index in [1.54, 1.807) is 31.1 Å². The summed E-state index contributed by atoms with van der Waals surface area (Å²) < 4.78 is 28.0. The maximum atomic E-state index is 12.7. The molecule has 0 radical (unpaired) electrons. The fourth-order valence-electron chi connectivity index (χ4n) is 4.90. The number of halogens is 1. The van der Waals surface area contributed by atoms with E-state index in [0.717, 1.165) is 19.9 Å². The van der Waals surface area contributed by atoms with Crippen molar-refractivity contribution in [2.75, 3.05) is 20.8 Å². The summed E-state index contributed by atoms with van der Waals surface area (Å²) in [6.07, 6.45) is 1.66. The first kappa shape index (κ1) is 27.5. The Morgan fingerprint density at radius 3 is 2.83 bits per heavy atom. The number of aromatic nitrogens is 4. The van der Waals surface area contributed by atoms with E-state index in [-0.39, 0.29) is 5.91 Å². The molecule has 13 heteroatoms. The van der Waals surface area contributed by atoms with E-state index in [1.165, 1.54) is 23.1 Å². The number of fused-ring (bicyclic) bond motifs is 1. The number of benzene rings is 2. The molecule has 2 saturated heterocycles. The van der Waals surface area contributed by atoms with E-state index in [9.17, 15) is 4.79 Å². The van der Waals surface area contributed by atoms with E-state index < -0.39 is 36.1 Å². The lowest BCUT2D eigenvalue weighted by molar-refractivity contribution is -0.308. The van der Waals surface area contributed by atoms with Gasteiger partial charge in [0, 0.05) is 40.7 Å². The van der Waals surface area contributed by atoms with Crippen molar-refractivity contribution in [3.63, 3.8) is 0 Å². The summed E-state index contributed by atoms with van der Waals surface area (Å²) in [6, 6.07) is 14.9. The van der Waals surface area contributed by atoms with Crippen LogP contribution in [-0.4, -0.2) is 70.4 Å². The Balaban J connectivity index is 1.37. The highest BCUT2D eigenvalue weighted by molar-refractivity contribution is 9.10. The Labute approximate surface area is 247 Å². The number of methoxy groups -OCH3 is 1. The van der Waals surface area contributed by atoms with Gasteiger partial charge in [-0.1, -0.05) is 63.2 Å². The van der Waals surface area contributed by atoms with Crippen molar-refractivity contribution in [1.82, 2.24) is 25.3 Å². The molecule has 6 unspecified atom stereocenters. The highest BCUT2D eigenvalue weighted by Crippen LogP contribution is 2.45. The number of rotatable bonds is 7. The summed E-state index contributed by atoms with van der Waals surface area (Å²) in [5.41, 5.74) is 1.61. The van der Waals surface area contributed by atoms with Crippen molar-refractivity contribution >= 4 is 44.9 Å². The zero-order valence-electron chi connectivity index (χ0n) is 21.5. The summed E-state index contributed by atoms with van der Waals surface area (Å²) in [7, 11) is 3.25. The summed E-state index contributed by atoms with van der Waals surface area (Å²) in [4.78, 5) is 17.8. The van der Waals surface area contributed by atoms with Gasteiger partial charge in [-0.25, -0.2) is 9.67 Å². The fraction of sp³-hybridized carbons (Fsp3) is 0.333. The third kappa shape index (κ3) is 5.47. The van der Waals surface area contributed by atoms with Crippen molar-refractivity contribution in [2.45, 2.75) is 41.0 Å². The van der Waals surface area contributed by atoms with Crippen LogP contribution in [0, 0.1) is 0 Å². The molecule has 0 aliphatic carbocycles. The third-order valence-corrected chi connectivity index (χ3v) is 9.27. The highest BCUT2D eigenvalue weighted by atomic mass is 79.9. The summed E-state index contributed by atoms with van der Waals surface area (Å²) in [5, 5.41) is 14.3. The van der Waals surface area contributed by atoms with Gasteiger partial charge in [-0.2, -0.15) is 0 Å². The molecule has 40 heavy (non-hydrogen) atoms. The Morgan fingerprint density at radius 2 is 2.08 bits per heavy atom. The lowest BCUT2D eigenvalue weighted by Gasteiger charge is -2.48. The predicted molar refractivity (Wildman–Crippen MR) is 153 cm³/mol. The van der Waals surface area contributed by atoms with Gasteiger partial charge in [0.05, 0.1) is 18.4 Å². The quantitative estimate of drug-likeness (QED) is 0.306. The Hall–Kier alpha value is -2.65. The second kappa shape index (κ2) is 12.1. The minimum Gasteiger partial charge on any atom is -0.375 e. The van der Waals surface area contributed by atoms with Gasteiger partial charge in [-0.15, -0.1) is 16.4 Å². The van der Waals surface area contributed by atoms with Gasteiger partial charge < -0.3 is 24.3 Å². The lowest BCUT2D eigenvalue weighted by atomic mass is 9.96. The molecule has 2 aromatic heterocycles. The molecule has 2 aliphatic heterocycles. The van der Waals surface area contributed by atoms with Crippen LogP contribution in [-0.2, 0) is 18.9 Å². The number of ether oxygens (including phenoxy) is 4. The van der Waals surface area contributed by atoms with Crippen LogP contribution in [0.1, 0.15) is 28.3 Å². The van der Waals surface area contributed by atoms with E-state index in [0.29, 0.717) is 17.9 Å². The van der Waals surface area contributed by atoms with Gasteiger partial charge in [0.1, 0.15) is 40.5 Å². The van der Waals surface area contributed by atoms with Crippen molar-refractivity contribution in [3.05, 3.63) is 81.9 Å². The zero-order valence-corrected chi connectivity index (χ0v) is 24.8. The Bertz CT molecular complexity index is 1460. The average molecular weight is 645 g/mol. The molecule has 0 bridgehead atoms. The van der Waals surface area contributed by atoms with Gasteiger partial charge in [0.25, 0.3) is 5.91 Å². The SMILES string of the molecule is CNC(=O)c1ccc(Br)cc1SC1OC2COC(c3ccccc3)OC2C(n2cc(-c3nccs3)nn2)C1OC. The molecule has 6 rings (SSSR count). The topological polar surface area (TPSA) is 110 Å². The number of nitrogens with zero attached hydrogens (tertiary/aromatic N) is 4. The molecule has 2 aliphatic rings. The molecule has 4 aromatic rings. The molecule has 208 valence electrons. The zero-order chi connectivity index (χ0) is 27.6. The molecule has 4 heterocycles. The molecule has 2 fully saturated rings. The predicted octanol–water partition coefficient (Wildman–Crippen LogP) is 4.71. The number of hydrogen-bond donors (Lipinski definition) is 1. The second-order valence-electron chi connectivity index (χ2n) is 9.17. The van der Waals surface area contributed by atoms with Crippen LogP contribution >= 0.6 is 39.0 Å². The second-order valence-corrected chi connectivity index (χ2v) is 12.1. The molecular formula is C27H26BrN5O5S2. The third-order valence-electron chi connectivity index (χ3n) is 6.78. The van der Waals surface area contributed by atoms with Crippen LogP contribution in [0.3, 0.4) is 0 Å². The summed E-state index contributed by atoms with van der Waals surface area (Å²) >= 11 is 6.44.